The van der Waals surface area contributed by atoms with Crippen LogP contribution in [-0.4, -0.2) is 51.5 Å². The summed E-state index contributed by atoms with van der Waals surface area (Å²) in [4.78, 5) is 25.1. The average molecular weight is 290 g/mol. The zero-order valence-corrected chi connectivity index (χ0v) is 10.7. The summed E-state index contributed by atoms with van der Waals surface area (Å²) in [5, 5.41) is 18.9. The number of halogens is 1. The molecule has 4 atom stereocenters. The highest BCUT2D eigenvalue weighted by molar-refractivity contribution is 5.03. The molecule has 0 aromatic carbocycles. The zero-order valence-electron chi connectivity index (χ0n) is 10.7. The lowest BCUT2D eigenvalue weighted by atomic mass is 10.1. The third kappa shape index (κ3) is 2.52. The van der Waals surface area contributed by atoms with Crippen LogP contribution in [0.15, 0.2) is 15.8 Å². The predicted octanol–water partition coefficient (Wildman–Crippen LogP) is -1.59. The van der Waals surface area contributed by atoms with Gasteiger partial charge in [-0.25, -0.2) is 9.18 Å². The minimum Gasteiger partial charge on any atom is -0.394 e. The number of hydrogen-bond acceptors (Lipinski definition) is 6. The highest BCUT2D eigenvalue weighted by Crippen LogP contribution is 2.30. The Morgan fingerprint density at radius 1 is 1.55 bits per heavy atom. The molecule has 0 bridgehead atoms. The first-order valence-corrected chi connectivity index (χ1v) is 5.93. The van der Waals surface area contributed by atoms with E-state index < -0.39 is 49.3 Å². The normalized spacial score (nSPS) is 29.8. The van der Waals surface area contributed by atoms with Gasteiger partial charge in [-0.15, -0.1) is 0 Å². The fraction of sp³-hybridized carbons (Fsp3) is 0.636. The van der Waals surface area contributed by atoms with Crippen LogP contribution < -0.4 is 11.2 Å². The van der Waals surface area contributed by atoms with E-state index in [4.69, 9.17) is 14.6 Å². The van der Waals surface area contributed by atoms with Crippen LogP contribution in [0.2, 0.25) is 0 Å². The van der Waals surface area contributed by atoms with E-state index in [9.17, 15) is 19.1 Å². The second-order valence-electron chi connectivity index (χ2n) is 4.46. The standard InChI is InChI=1S/C11H15FN2O6/c1-5-2-14(11(18)13-9(5)17)10-8(19-4-12)7(16)6(3-15)20-10/h2,6-8,10,15-16H,3-4H2,1H3,(H,13,17,18)/t6-,7-,8?,10-/m1/s1. The number of aliphatic hydroxyl groups excluding tert-OH is 2. The third-order valence-electron chi connectivity index (χ3n) is 3.17. The van der Waals surface area contributed by atoms with Gasteiger partial charge in [-0.3, -0.25) is 14.3 Å². The van der Waals surface area contributed by atoms with Crippen molar-refractivity contribution in [3.8, 4) is 0 Å². The van der Waals surface area contributed by atoms with E-state index in [0.717, 1.165) is 4.57 Å². The van der Waals surface area contributed by atoms with Crippen molar-refractivity contribution in [1.29, 1.82) is 0 Å². The number of aliphatic hydroxyl groups is 2. The lowest BCUT2D eigenvalue weighted by Crippen LogP contribution is -2.39. The van der Waals surface area contributed by atoms with E-state index in [-0.39, 0.29) is 5.56 Å². The van der Waals surface area contributed by atoms with Gasteiger partial charge in [-0.05, 0) is 6.92 Å². The molecule has 3 N–H and O–H groups in total. The molecule has 8 nitrogen and oxygen atoms in total. The van der Waals surface area contributed by atoms with Gasteiger partial charge >= 0.3 is 5.69 Å². The van der Waals surface area contributed by atoms with Crippen molar-refractivity contribution >= 4 is 0 Å². The minimum atomic E-state index is -1.29. The Hall–Kier alpha value is -1.55. The van der Waals surface area contributed by atoms with Crippen molar-refractivity contribution < 1.29 is 24.1 Å². The number of rotatable bonds is 4. The monoisotopic (exact) mass is 290 g/mol. The quantitative estimate of drug-likeness (QED) is 0.616. The Morgan fingerprint density at radius 2 is 2.25 bits per heavy atom. The second-order valence-corrected chi connectivity index (χ2v) is 4.46. The van der Waals surface area contributed by atoms with Crippen molar-refractivity contribution in [3.63, 3.8) is 0 Å². The summed E-state index contributed by atoms with van der Waals surface area (Å²) in [6.07, 6.45) is -3.37. The van der Waals surface area contributed by atoms with Gasteiger partial charge < -0.3 is 19.7 Å². The Labute approximate surface area is 112 Å². The number of H-pyrrole nitrogens is 1. The number of alkyl halides is 1. The van der Waals surface area contributed by atoms with Gasteiger partial charge in [-0.1, -0.05) is 0 Å². The summed E-state index contributed by atoms with van der Waals surface area (Å²) in [7, 11) is 0. The average Bonchev–Trinajstić information content (AvgIpc) is 2.72. The number of nitrogens with zero attached hydrogens (tertiary/aromatic N) is 1. The van der Waals surface area contributed by atoms with E-state index in [2.05, 4.69) is 4.98 Å². The van der Waals surface area contributed by atoms with E-state index in [0.29, 0.717) is 0 Å². The fourth-order valence-corrected chi connectivity index (χ4v) is 2.12. The van der Waals surface area contributed by atoms with E-state index in [1.807, 2.05) is 0 Å². The highest BCUT2D eigenvalue weighted by atomic mass is 19.1. The van der Waals surface area contributed by atoms with Gasteiger partial charge in [-0.2, -0.15) is 0 Å². The first kappa shape index (κ1) is 14.9. The summed E-state index contributed by atoms with van der Waals surface area (Å²) in [5.74, 6) is 0. The lowest BCUT2D eigenvalue weighted by molar-refractivity contribution is -0.0960. The van der Waals surface area contributed by atoms with Crippen LogP contribution in [0.25, 0.3) is 0 Å². The molecule has 0 radical (unpaired) electrons. The predicted molar refractivity (Wildman–Crippen MR) is 63.9 cm³/mol. The smallest absolute Gasteiger partial charge is 0.330 e. The number of aryl methyl sites for hydroxylation is 1. The molecule has 2 rings (SSSR count). The molecule has 2 heterocycles. The van der Waals surface area contributed by atoms with Crippen LogP contribution >= 0.6 is 0 Å². The summed E-state index contributed by atoms with van der Waals surface area (Å²) in [5.41, 5.74) is -1.08. The number of aromatic nitrogens is 2. The lowest BCUT2D eigenvalue weighted by Gasteiger charge is -2.21. The van der Waals surface area contributed by atoms with Gasteiger partial charge in [0.05, 0.1) is 6.61 Å². The number of aromatic amines is 1. The zero-order chi connectivity index (χ0) is 14.9. The number of ether oxygens (including phenoxy) is 2. The maximum Gasteiger partial charge on any atom is 0.330 e. The molecule has 1 fully saturated rings. The molecule has 0 saturated carbocycles. The summed E-state index contributed by atoms with van der Waals surface area (Å²) >= 11 is 0. The molecule has 20 heavy (non-hydrogen) atoms. The van der Waals surface area contributed by atoms with Crippen molar-refractivity contribution in [1.82, 2.24) is 9.55 Å². The van der Waals surface area contributed by atoms with Gasteiger partial charge in [0, 0.05) is 11.8 Å². The Balaban J connectivity index is 2.42. The van der Waals surface area contributed by atoms with Gasteiger partial charge in [0.2, 0.25) is 0 Å². The third-order valence-corrected chi connectivity index (χ3v) is 3.17. The van der Waals surface area contributed by atoms with Crippen LogP contribution in [-0.2, 0) is 9.47 Å². The fourth-order valence-electron chi connectivity index (χ4n) is 2.12. The second kappa shape index (κ2) is 5.83. The van der Waals surface area contributed by atoms with E-state index in [1.54, 1.807) is 0 Å². The van der Waals surface area contributed by atoms with Crippen LogP contribution in [0.4, 0.5) is 4.39 Å². The molecule has 1 unspecified atom stereocenters. The first-order valence-electron chi connectivity index (χ1n) is 5.93. The van der Waals surface area contributed by atoms with Crippen molar-refractivity contribution in [2.24, 2.45) is 0 Å². The molecule has 9 heteroatoms. The molecule has 1 aromatic heterocycles. The summed E-state index contributed by atoms with van der Waals surface area (Å²) in [6.45, 7) is -0.216. The van der Waals surface area contributed by atoms with Crippen molar-refractivity contribution in [2.45, 2.75) is 31.5 Å². The van der Waals surface area contributed by atoms with Crippen molar-refractivity contribution in [3.05, 3.63) is 32.6 Å². The number of hydrogen-bond donors (Lipinski definition) is 3. The van der Waals surface area contributed by atoms with Gasteiger partial charge in [0.15, 0.2) is 13.1 Å². The Kier molecular flexibility index (Phi) is 4.33. The minimum absolute atomic E-state index is 0.245. The highest BCUT2D eigenvalue weighted by Gasteiger charge is 2.45. The first-order chi connectivity index (χ1) is 9.49. The topological polar surface area (TPSA) is 114 Å². The molecule has 112 valence electrons. The molecular weight excluding hydrogens is 275 g/mol. The molecule has 1 aliphatic rings. The van der Waals surface area contributed by atoms with Gasteiger partial charge in [0.25, 0.3) is 5.56 Å². The van der Waals surface area contributed by atoms with Crippen LogP contribution in [0.1, 0.15) is 11.8 Å². The SMILES string of the molecule is Cc1cn([C@@H]2O[C@H](CO)[C@@H](O)C2OCF)c(=O)[nH]c1=O. The molecule has 1 aromatic rings. The maximum atomic E-state index is 12.4. The Morgan fingerprint density at radius 3 is 2.85 bits per heavy atom. The van der Waals surface area contributed by atoms with Crippen LogP contribution in [0, 0.1) is 6.92 Å². The largest absolute Gasteiger partial charge is 0.394 e. The molecule has 0 aliphatic carbocycles. The summed E-state index contributed by atoms with van der Waals surface area (Å²) in [6, 6.07) is 0. The molecule has 1 saturated heterocycles. The van der Waals surface area contributed by atoms with Crippen LogP contribution in [0.3, 0.4) is 0 Å². The van der Waals surface area contributed by atoms with E-state index >= 15 is 0 Å². The van der Waals surface area contributed by atoms with Crippen molar-refractivity contribution in [2.75, 3.05) is 13.5 Å². The summed E-state index contributed by atoms with van der Waals surface area (Å²) < 4.78 is 23.4. The molecule has 1 aliphatic heterocycles. The maximum absolute atomic E-state index is 12.4. The Bertz CT molecular complexity index is 585. The number of nitrogens with one attached hydrogen (secondary N) is 1. The molecule has 0 spiro atoms. The molecule has 0 amide bonds. The molecular formula is C11H15FN2O6. The van der Waals surface area contributed by atoms with E-state index in [1.165, 1.54) is 13.1 Å². The van der Waals surface area contributed by atoms with Gasteiger partial charge in [0.1, 0.15) is 18.3 Å². The van der Waals surface area contributed by atoms with Crippen LogP contribution in [0.5, 0.6) is 0 Å².